The van der Waals surface area contributed by atoms with Crippen LogP contribution in [0.1, 0.15) is 6.92 Å². The van der Waals surface area contributed by atoms with Gasteiger partial charge in [-0.3, -0.25) is 0 Å². The average molecular weight is 265 g/mol. The van der Waals surface area contributed by atoms with Crippen LogP contribution in [-0.2, 0) is 4.74 Å². The molecule has 2 rings (SSSR count). The number of nitrogens with zero attached hydrogens (tertiary/aromatic N) is 4. The van der Waals surface area contributed by atoms with Crippen molar-refractivity contribution in [2.45, 2.75) is 13.0 Å². The highest BCUT2D eigenvalue weighted by Crippen LogP contribution is 2.18. The van der Waals surface area contributed by atoms with Crippen molar-refractivity contribution in [1.82, 2.24) is 15.3 Å². The molecule has 1 N–H and O–H groups in total. The molecule has 0 amide bonds. The normalized spacial score (nSPS) is 19.5. The SMILES string of the molecule is CCNCC1COCCN1c1ccnc(N(C)C)n1. The van der Waals surface area contributed by atoms with Gasteiger partial charge in [0.15, 0.2) is 0 Å². The maximum Gasteiger partial charge on any atom is 0.226 e. The molecule has 1 aromatic heterocycles. The van der Waals surface area contributed by atoms with Crippen LogP contribution in [0.4, 0.5) is 11.8 Å². The number of aromatic nitrogens is 2. The highest BCUT2D eigenvalue weighted by molar-refractivity contribution is 5.44. The van der Waals surface area contributed by atoms with Crippen molar-refractivity contribution < 1.29 is 4.74 Å². The summed E-state index contributed by atoms with van der Waals surface area (Å²) >= 11 is 0. The second-order valence-electron chi connectivity index (χ2n) is 4.84. The van der Waals surface area contributed by atoms with Crippen molar-refractivity contribution in [2.75, 3.05) is 56.7 Å². The fourth-order valence-electron chi connectivity index (χ4n) is 2.15. The van der Waals surface area contributed by atoms with Crippen molar-refractivity contribution in [2.24, 2.45) is 0 Å². The Bertz CT molecular complexity index is 398. The van der Waals surface area contributed by atoms with Gasteiger partial charge in [0.05, 0.1) is 19.3 Å². The third-order valence-corrected chi connectivity index (χ3v) is 3.18. The summed E-state index contributed by atoms with van der Waals surface area (Å²) in [4.78, 5) is 13.1. The summed E-state index contributed by atoms with van der Waals surface area (Å²) in [5.74, 6) is 1.72. The Balaban J connectivity index is 2.14. The number of anilines is 2. The summed E-state index contributed by atoms with van der Waals surface area (Å²) in [5, 5.41) is 3.38. The Hall–Kier alpha value is -1.40. The molecule has 19 heavy (non-hydrogen) atoms. The van der Waals surface area contributed by atoms with Gasteiger partial charge in [0.25, 0.3) is 0 Å². The monoisotopic (exact) mass is 265 g/mol. The lowest BCUT2D eigenvalue weighted by atomic mass is 10.2. The summed E-state index contributed by atoms with van der Waals surface area (Å²) < 4.78 is 5.57. The maximum atomic E-state index is 5.57. The predicted molar refractivity (Wildman–Crippen MR) is 76.9 cm³/mol. The van der Waals surface area contributed by atoms with E-state index in [9.17, 15) is 0 Å². The van der Waals surface area contributed by atoms with Crippen molar-refractivity contribution in [3.8, 4) is 0 Å². The second-order valence-corrected chi connectivity index (χ2v) is 4.84. The van der Waals surface area contributed by atoms with Crippen molar-refractivity contribution >= 4 is 11.8 Å². The van der Waals surface area contributed by atoms with E-state index >= 15 is 0 Å². The van der Waals surface area contributed by atoms with Crippen LogP contribution < -0.4 is 15.1 Å². The van der Waals surface area contributed by atoms with Crippen molar-refractivity contribution in [3.63, 3.8) is 0 Å². The zero-order chi connectivity index (χ0) is 13.7. The smallest absolute Gasteiger partial charge is 0.226 e. The largest absolute Gasteiger partial charge is 0.377 e. The number of nitrogens with one attached hydrogen (secondary N) is 1. The zero-order valence-electron chi connectivity index (χ0n) is 12.0. The van der Waals surface area contributed by atoms with Crippen LogP contribution in [-0.4, -0.2) is 63.0 Å². The second kappa shape index (κ2) is 6.68. The van der Waals surface area contributed by atoms with E-state index < -0.39 is 0 Å². The quantitative estimate of drug-likeness (QED) is 0.829. The van der Waals surface area contributed by atoms with Gasteiger partial charge in [-0.05, 0) is 12.6 Å². The Morgan fingerprint density at radius 2 is 2.37 bits per heavy atom. The summed E-state index contributed by atoms with van der Waals surface area (Å²) in [6.07, 6.45) is 1.82. The minimum atomic E-state index is 0.332. The molecule has 1 aliphatic rings. The Kier molecular flexibility index (Phi) is 4.93. The van der Waals surface area contributed by atoms with Crippen molar-refractivity contribution in [1.29, 1.82) is 0 Å². The van der Waals surface area contributed by atoms with Gasteiger partial charge in [-0.25, -0.2) is 4.98 Å². The van der Waals surface area contributed by atoms with E-state index in [-0.39, 0.29) is 0 Å². The number of hydrogen-bond donors (Lipinski definition) is 1. The van der Waals surface area contributed by atoms with Crippen LogP contribution in [0.3, 0.4) is 0 Å². The molecule has 1 unspecified atom stereocenters. The molecule has 0 radical (unpaired) electrons. The molecule has 1 saturated heterocycles. The van der Waals surface area contributed by atoms with Gasteiger partial charge < -0.3 is 19.9 Å². The number of rotatable bonds is 5. The van der Waals surface area contributed by atoms with Crippen LogP contribution >= 0.6 is 0 Å². The minimum Gasteiger partial charge on any atom is -0.377 e. The first-order valence-corrected chi connectivity index (χ1v) is 6.78. The highest BCUT2D eigenvalue weighted by Gasteiger charge is 2.24. The Morgan fingerprint density at radius 1 is 1.53 bits per heavy atom. The lowest BCUT2D eigenvalue weighted by molar-refractivity contribution is 0.0935. The predicted octanol–water partition coefficient (Wildman–Crippen LogP) is 0.357. The standard InChI is InChI=1S/C13H23N5O/c1-4-14-9-11-10-19-8-7-18(11)12-5-6-15-13(16-12)17(2)3/h5-6,11,14H,4,7-10H2,1-3H3. The molecular formula is C13H23N5O. The molecule has 0 bridgehead atoms. The zero-order valence-corrected chi connectivity index (χ0v) is 12.0. The van der Waals surface area contributed by atoms with E-state index in [1.165, 1.54) is 0 Å². The van der Waals surface area contributed by atoms with Gasteiger partial charge in [0.2, 0.25) is 5.95 Å². The van der Waals surface area contributed by atoms with Gasteiger partial charge in [0.1, 0.15) is 5.82 Å². The molecule has 0 aromatic carbocycles. The summed E-state index contributed by atoms with van der Waals surface area (Å²) in [6, 6.07) is 2.30. The maximum absolute atomic E-state index is 5.57. The van der Waals surface area contributed by atoms with Gasteiger partial charge >= 0.3 is 0 Å². The fraction of sp³-hybridized carbons (Fsp3) is 0.692. The molecule has 0 saturated carbocycles. The number of likely N-dealkylation sites (N-methyl/N-ethyl adjacent to an activating group) is 1. The third kappa shape index (κ3) is 3.54. The van der Waals surface area contributed by atoms with E-state index in [4.69, 9.17) is 4.74 Å². The molecular weight excluding hydrogens is 242 g/mol. The molecule has 6 heteroatoms. The van der Waals surface area contributed by atoms with Gasteiger partial charge in [-0.15, -0.1) is 0 Å². The first-order valence-electron chi connectivity index (χ1n) is 6.78. The fourth-order valence-corrected chi connectivity index (χ4v) is 2.15. The van der Waals surface area contributed by atoms with E-state index in [0.29, 0.717) is 6.04 Å². The van der Waals surface area contributed by atoms with Gasteiger partial charge in [-0.1, -0.05) is 6.92 Å². The van der Waals surface area contributed by atoms with Gasteiger partial charge in [-0.2, -0.15) is 4.98 Å². The summed E-state index contributed by atoms with van der Waals surface area (Å²) in [7, 11) is 3.91. The number of ether oxygens (including phenoxy) is 1. The minimum absolute atomic E-state index is 0.332. The van der Waals surface area contributed by atoms with E-state index in [0.717, 1.165) is 44.6 Å². The molecule has 106 valence electrons. The van der Waals surface area contributed by atoms with Crippen LogP contribution in [0.2, 0.25) is 0 Å². The van der Waals surface area contributed by atoms with Crippen LogP contribution in [0, 0.1) is 0 Å². The van der Waals surface area contributed by atoms with Crippen LogP contribution in [0.5, 0.6) is 0 Å². The molecule has 0 spiro atoms. The third-order valence-electron chi connectivity index (χ3n) is 3.18. The number of morpholine rings is 1. The average Bonchev–Trinajstić information content (AvgIpc) is 2.45. The first kappa shape index (κ1) is 14.0. The van der Waals surface area contributed by atoms with E-state index in [2.05, 4.69) is 27.1 Å². The lowest BCUT2D eigenvalue weighted by Gasteiger charge is -2.36. The molecule has 1 aliphatic heterocycles. The summed E-state index contributed by atoms with van der Waals surface area (Å²) in [6.45, 7) is 6.37. The Morgan fingerprint density at radius 3 is 3.11 bits per heavy atom. The number of hydrogen-bond acceptors (Lipinski definition) is 6. The topological polar surface area (TPSA) is 53.5 Å². The summed E-state index contributed by atoms with van der Waals surface area (Å²) in [5.41, 5.74) is 0. The molecule has 1 aromatic rings. The molecule has 2 heterocycles. The van der Waals surface area contributed by atoms with Crippen molar-refractivity contribution in [3.05, 3.63) is 12.3 Å². The lowest BCUT2D eigenvalue weighted by Crippen LogP contribution is -2.51. The molecule has 1 atom stereocenters. The molecule has 1 fully saturated rings. The van der Waals surface area contributed by atoms with Crippen LogP contribution in [0.15, 0.2) is 12.3 Å². The first-order chi connectivity index (χ1) is 9.22. The Labute approximate surface area is 114 Å². The highest BCUT2D eigenvalue weighted by atomic mass is 16.5. The molecule has 6 nitrogen and oxygen atoms in total. The van der Waals surface area contributed by atoms with E-state index in [1.807, 2.05) is 31.3 Å². The van der Waals surface area contributed by atoms with Crippen LogP contribution in [0.25, 0.3) is 0 Å². The van der Waals surface area contributed by atoms with E-state index in [1.54, 1.807) is 0 Å². The molecule has 0 aliphatic carbocycles. The van der Waals surface area contributed by atoms with Gasteiger partial charge in [0, 0.05) is 33.4 Å².